The van der Waals surface area contributed by atoms with E-state index in [4.69, 9.17) is 0 Å². The zero-order valence-electron chi connectivity index (χ0n) is 15.6. The predicted molar refractivity (Wildman–Crippen MR) is 103 cm³/mol. The van der Waals surface area contributed by atoms with Gasteiger partial charge in [0.25, 0.3) is 5.91 Å². The quantitative estimate of drug-likeness (QED) is 0.797. The lowest BCUT2D eigenvalue weighted by Crippen LogP contribution is -2.46. The molecule has 2 heterocycles. The minimum atomic E-state index is -0.0265. The zero-order valence-corrected chi connectivity index (χ0v) is 15.6. The minimum absolute atomic E-state index is 0.0265. The molecule has 1 saturated heterocycles. The third-order valence-corrected chi connectivity index (χ3v) is 4.82. The molecule has 2 aromatic rings. The number of amides is 1. The Morgan fingerprint density at radius 2 is 1.73 bits per heavy atom. The van der Waals surface area contributed by atoms with E-state index in [1.54, 1.807) is 17.2 Å². The molecule has 1 aliphatic rings. The molecule has 6 heteroatoms. The number of piperazine rings is 1. The third kappa shape index (κ3) is 4.38. The second kappa shape index (κ2) is 8.76. The summed E-state index contributed by atoms with van der Waals surface area (Å²) in [6, 6.07) is 12.2. The molecule has 1 aliphatic heterocycles. The second-order valence-electron chi connectivity index (χ2n) is 6.47. The molecule has 1 fully saturated rings. The van der Waals surface area contributed by atoms with Gasteiger partial charge in [0.05, 0.1) is 0 Å². The summed E-state index contributed by atoms with van der Waals surface area (Å²) in [6.07, 6.45) is 1.69. The highest BCUT2D eigenvalue weighted by Gasteiger charge is 2.21. The van der Waals surface area contributed by atoms with E-state index in [2.05, 4.69) is 44.0 Å². The Balaban J connectivity index is 1.61. The topological polar surface area (TPSA) is 52.6 Å². The number of carbonyl (C=O) groups excluding carboxylic acids is 1. The molecule has 1 amide bonds. The van der Waals surface area contributed by atoms with Crippen LogP contribution in [0.15, 0.2) is 42.6 Å². The van der Waals surface area contributed by atoms with Crippen molar-refractivity contribution in [3.05, 3.63) is 53.9 Å². The molecule has 0 bridgehead atoms. The van der Waals surface area contributed by atoms with Crippen molar-refractivity contribution in [3.8, 4) is 0 Å². The first-order valence-corrected chi connectivity index (χ1v) is 9.34. The van der Waals surface area contributed by atoms with Gasteiger partial charge in [-0.25, -0.2) is 9.97 Å². The Labute approximate surface area is 155 Å². The molecule has 3 rings (SSSR count). The molecule has 26 heavy (non-hydrogen) atoms. The lowest BCUT2D eigenvalue weighted by molar-refractivity contribution is 0.0767. The maximum atomic E-state index is 12.5. The number of hydrogen-bond donors (Lipinski definition) is 0. The van der Waals surface area contributed by atoms with Gasteiger partial charge < -0.3 is 9.80 Å². The van der Waals surface area contributed by atoms with Crippen LogP contribution in [0.3, 0.4) is 0 Å². The number of rotatable bonds is 6. The van der Waals surface area contributed by atoms with Gasteiger partial charge in [-0.05, 0) is 25.5 Å². The van der Waals surface area contributed by atoms with Crippen molar-refractivity contribution in [2.75, 3.05) is 44.2 Å². The average molecular weight is 353 g/mol. The Hall–Kier alpha value is -2.47. The summed E-state index contributed by atoms with van der Waals surface area (Å²) in [4.78, 5) is 27.8. The third-order valence-electron chi connectivity index (χ3n) is 4.82. The fourth-order valence-electron chi connectivity index (χ4n) is 3.24. The fraction of sp³-hybridized carbons (Fsp3) is 0.450. The van der Waals surface area contributed by atoms with E-state index < -0.39 is 0 Å². The lowest BCUT2D eigenvalue weighted by Gasteiger charge is -2.34. The highest BCUT2D eigenvalue weighted by atomic mass is 16.2. The van der Waals surface area contributed by atoms with Gasteiger partial charge in [0.1, 0.15) is 5.69 Å². The number of nitrogens with zero attached hydrogens (tertiary/aromatic N) is 5. The Bertz CT molecular complexity index is 709. The maximum Gasteiger partial charge on any atom is 0.272 e. The summed E-state index contributed by atoms with van der Waals surface area (Å²) in [6.45, 7) is 9.98. The predicted octanol–water partition coefficient (Wildman–Crippen LogP) is 2.28. The molecule has 1 aromatic carbocycles. The molecular formula is C20H27N5O. The number of aromatic nitrogens is 2. The minimum Gasteiger partial charge on any atom is -0.338 e. The maximum absolute atomic E-state index is 12.5. The number of hydrogen-bond acceptors (Lipinski definition) is 5. The van der Waals surface area contributed by atoms with Crippen LogP contribution in [0.2, 0.25) is 0 Å². The van der Waals surface area contributed by atoms with Crippen LogP contribution in [0.5, 0.6) is 0 Å². The number of anilines is 1. The van der Waals surface area contributed by atoms with Crippen LogP contribution in [0.25, 0.3) is 0 Å². The summed E-state index contributed by atoms with van der Waals surface area (Å²) in [5.74, 6) is 0.628. The van der Waals surface area contributed by atoms with Crippen molar-refractivity contribution in [3.63, 3.8) is 0 Å². The first-order chi connectivity index (χ1) is 12.7. The van der Waals surface area contributed by atoms with Crippen molar-refractivity contribution >= 4 is 11.9 Å². The van der Waals surface area contributed by atoms with E-state index in [-0.39, 0.29) is 5.91 Å². The smallest absolute Gasteiger partial charge is 0.272 e. The van der Waals surface area contributed by atoms with Gasteiger partial charge in [0.15, 0.2) is 0 Å². The van der Waals surface area contributed by atoms with E-state index >= 15 is 0 Å². The molecule has 0 radical (unpaired) electrons. The van der Waals surface area contributed by atoms with Crippen molar-refractivity contribution in [1.29, 1.82) is 0 Å². The van der Waals surface area contributed by atoms with Gasteiger partial charge in [0, 0.05) is 52.0 Å². The molecule has 0 spiro atoms. The standard InChI is InChI=1S/C20H27N5O/c1-3-24(4-2)19(26)18-10-11-21-20(22-18)25-14-12-23(13-15-25)16-17-8-6-5-7-9-17/h5-11H,3-4,12-16H2,1-2H3. The van der Waals surface area contributed by atoms with E-state index in [1.807, 2.05) is 19.9 Å². The van der Waals surface area contributed by atoms with Crippen LogP contribution >= 0.6 is 0 Å². The summed E-state index contributed by atoms with van der Waals surface area (Å²) < 4.78 is 0. The second-order valence-corrected chi connectivity index (χ2v) is 6.47. The van der Waals surface area contributed by atoms with Crippen molar-refractivity contribution < 1.29 is 4.79 Å². The highest BCUT2D eigenvalue weighted by molar-refractivity contribution is 5.92. The Morgan fingerprint density at radius 1 is 1.04 bits per heavy atom. The van der Waals surface area contributed by atoms with Crippen LogP contribution in [0.4, 0.5) is 5.95 Å². The monoisotopic (exact) mass is 353 g/mol. The lowest BCUT2D eigenvalue weighted by atomic mass is 10.2. The largest absolute Gasteiger partial charge is 0.338 e. The van der Waals surface area contributed by atoms with Crippen LogP contribution in [-0.2, 0) is 6.54 Å². The van der Waals surface area contributed by atoms with E-state index in [0.717, 1.165) is 32.7 Å². The van der Waals surface area contributed by atoms with Crippen molar-refractivity contribution in [2.24, 2.45) is 0 Å². The van der Waals surface area contributed by atoms with Gasteiger partial charge in [-0.1, -0.05) is 30.3 Å². The first kappa shape index (κ1) is 18.3. The van der Waals surface area contributed by atoms with Gasteiger partial charge in [-0.15, -0.1) is 0 Å². The van der Waals surface area contributed by atoms with Crippen molar-refractivity contribution in [2.45, 2.75) is 20.4 Å². The normalized spacial score (nSPS) is 15.1. The molecule has 0 aliphatic carbocycles. The van der Waals surface area contributed by atoms with Crippen LogP contribution < -0.4 is 4.90 Å². The first-order valence-electron chi connectivity index (χ1n) is 9.34. The highest BCUT2D eigenvalue weighted by Crippen LogP contribution is 2.14. The Kier molecular flexibility index (Phi) is 6.17. The molecular weight excluding hydrogens is 326 g/mol. The van der Waals surface area contributed by atoms with Gasteiger partial charge in [-0.3, -0.25) is 9.69 Å². The zero-order chi connectivity index (χ0) is 18.4. The van der Waals surface area contributed by atoms with Gasteiger partial charge >= 0.3 is 0 Å². The molecule has 0 atom stereocenters. The number of carbonyl (C=O) groups is 1. The van der Waals surface area contributed by atoms with Gasteiger partial charge in [-0.2, -0.15) is 0 Å². The molecule has 6 nitrogen and oxygen atoms in total. The van der Waals surface area contributed by atoms with Crippen molar-refractivity contribution in [1.82, 2.24) is 19.8 Å². The molecule has 1 aromatic heterocycles. The van der Waals surface area contributed by atoms with Gasteiger partial charge in [0.2, 0.25) is 5.95 Å². The number of benzene rings is 1. The SMILES string of the molecule is CCN(CC)C(=O)c1ccnc(N2CCN(Cc3ccccc3)CC2)n1. The molecule has 0 unspecified atom stereocenters. The molecule has 138 valence electrons. The van der Waals surface area contributed by atoms with E-state index in [9.17, 15) is 4.79 Å². The van der Waals surface area contributed by atoms with Crippen LogP contribution in [-0.4, -0.2) is 64.9 Å². The Morgan fingerprint density at radius 3 is 2.38 bits per heavy atom. The van der Waals surface area contributed by atoms with E-state index in [0.29, 0.717) is 24.7 Å². The molecule has 0 N–H and O–H groups in total. The van der Waals surface area contributed by atoms with Crippen LogP contribution in [0, 0.1) is 0 Å². The summed E-state index contributed by atoms with van der Waals surface area (Å²) in [7, 11) is 0. The summed E-state index contributed by atoms with van der Waals surface area (Å²) >= 11 is 0. The summed E-state index contributed by atoms with van der Waals surface area (Å²) in [5, 5.41) is 0. The molecule has 0 saturated carbocycles. The average Bonchev–Trinajstić information content (AvgIpc) is 2.70. The van der Waals surface area contributed by atoms with E-state index in [1.165, 1.54) is 5.56 Å². The van der Waals surface area contributed by atoms with Crippen LogP contribution in [0.1, 0.15) is 29.9 Å². The fourth-order valence-corrected chi connectivity index (χ4v) is 3.24. The summed E-state index contributed by atoms with van der Waals surface area (Å²) in [5.41, 5.74) is 1.81.